The minimum atomic E-state index is -0.235. The molecular formula is C19H33Cl2N3O2. The Morgan fingerprint density at radius 2 is 1.92 bits per heavy atom. The maximum Gasteiger partial charge on any atom is 0.224 e. The maximum atomic E-state index is 12.4. The Bertz CT molecular complexity index is 501. The van der Waals surface area contributed by atoms with E-state index in [1.807, 2.05) is 35.2 Å². The number of amides is 1. The van der Waals surface area contributed by atoms with Gasteiger partial charge in [-0.15, -0.1) is 24.8 Å². The lowest BCUT2D eigenvalue weighted by Crippen LogP contribution is -2.33. The van der Waals surface area contributed by atoms with E-state index in [-0.39, 0.29) is 42.9 Å². The molecule has 1 heterocycles. The number of halogens is 2. The third kappa shape index (κ3) is 7.80. The standard InChI is InChI=1S/C19H31N3O2.2ClH/c1-3-21(4-2)12-13-24-17-10-11-22(15-17)19(23)14-18(20)16-8-6-5-7-9-16;;/h5-9,17-18H,3-4,10-15,20H2,1-2H3;2*1H. The number of likely N-dealkylation sites (tertiary alicyclic amines) is 1. The van der Waals surface area contributed by atoms with Crippen LogP contribution in [0.4, 0.5) is 0 Å². The van der Waals surface area contributed by atoms with Crippen molar-refractivity contribution in [3.8, 4) is 0 Å². The van der Waals surface area contributed by atoms with Crippen LogP contribution in [0.15, 0.2) is 30.3 Å². The van der Waals surface area contributed by atoms with Gasteiger partial charge in [-0.05, 0) is 25.1 Å². The highest BCUT2D eigenvalue weighted by atomic mass is 35.5. The van der Waals surface area contributed by atoms with Crippen molar-refractivity contribution in [3.63, 3.8) is 0 Å². The van der Waals surface area contributed by atoms with Crippen LogP contribution in [0.25, 0.3) is 0 Å². The summed E-state index contributed by atoms with van der Waals surface area (Å²) in [5.74, 6) is 0.126. The van der Waals surface area contributed by atoms with Gasteiger partial charge in [0.2, 0.25) is 5.91 Å². The van der Waals surface area contributed by atoms with E-state index in [4.69, 9.17) is 10.5 Å². The van der Waals surface area contributed by atoms with Gasteiger partial charge in [0, 0.05) is 32.1 Å². The van der Waals surface area contributed by atoms with Gasteiger partial charge in [-0.25, -0.2) is 0 Å². The van der Waals surface area contributed by atoms with Crippen LogP contribution in [-0.2, 0) is 9.53 Å². The molecule has 150 valence electrons. The molecule has 2 atom stereocenters. The molecule has 1 saturated heterocycles. The summed E-state index contributed by atoms with van der Waals surface area (Å²) in [5, 5.41) is 0. The summed E-state index contributed by atoms with van der Waals surface area (Å²) < 4.78 is 5.94. The monoisotopic (exact) mass is 405 g/mol. The number of carbonyl (C=O) groups is 1. The molecule has 0 saturated carbocycles. The van der Waals surface area contributed by atoms with E-state index < -0.39 is 0 Å². The van der Waals surface area contributed by atoms with Crippen LogP contribution < -0.4 is 5.73 Å². The lowest BCUT2D eigenvalue weighted by Gasteiger charge is -2.21. The van der Waals surface area contributed by atoms with Crippen molar-refractivity contribution in [1.29, 1.82) is 0 Å². The zero-order valence-electron chi connectivity index (χ0n) is 15.8. The quantitative estimate of drug-likeness (QED) is 0.685. The first-order valence-corrected chi connectivity index (χ1v) is 9.06. The first-order valence-electron chi connectivity index (χ1n) is 9.06. The Labute approximate surface area is 170 Å². The Morgan fingerprint density at radius 1 is 1.27 bits per heavy atom. The number of likely N-dealkylation sites (N-methyl/N-ethyl adjacent to an activating group) is 1. The number of hydrogen-bond acceptors (Lipinski definition) is 4. The van der Waals surface area contributed by atoms with E-state index in [2.05, 4.69) is 18.7 Å². The molecule has 0 aliphatic carbocycles. The van der Waals surface area contributed by atoms with Gasteiger partial charge in [0.05, 0.1) is 12.7 Å². The molecule has 2 unspecified atom stereocenters. The van der Waals surface area contributed by atoms with Crippen LogP contribution in [0.3, 0.4) is 0 Å². The summed E-state index contributed by atoms with van der Waals surface area (Å²) in [6.07, 6.45) is 1.44. The molecule has 1 aliphatic heterocycles. The van der Waals surface area contributed by atoms with Crippen molar-refractivity contribution in [3.05, 3.63) is 35.9 Å². The van der Waals surface area contributed by atoms with E-state index in [0.29, 0.717) is 13.0 Å². The van der Waals surface area contributed by atoms with Crippen molar-refractivity contribution < 1.29 is 9.53 Å². The highest BCUT2D eigenvalue weighted by molar-refractivity contribution is 5.85. The number of benzene rings is 1. The summed E-state index contributed by atoms with van der Waals surface area (Å²) in [6.45, 7) is 9.58. The normalized spacial score (nSPS) is 17.5. The van der Waals surface area contributed by atoms with Crippen LogP contribution in [0.5, 0.6) is 0 Å². The lowest BCUT2D eigenvalue weighted by atomic mass is 10.0. The molecule has 0 radical (unpaired) electrons. The molecule has 1 aromatic rings. The maximum absolute atomic E-state index is 12.4. The predicted molar refractivity (Wildman–Crippen MR) is 111 cm³/mol. The van der Waals surface area contributed by atoms with Gasteiger partial charge in [-0.2, -0.15) is 0 Å². The summed E-state index contributed by atoms with van der Waals surface area (Å²) in [5.41, 5.74) is 7.17. The van der Waals surface area contributed by atoms with Crippen molar-refractivity contribution >= 4 is 30.7 Å². The second-order valence-electron chi connectivity index (χ2n) is 6.37. The number of carbonyl (C=O) groups excluding carboxylic acids is 1. The molecule has 1 fully saturated rings. The molecule has 0 spiro atoms. The predicted octanol–water partition coefficient (Wildman–Crippen LogP) is 2.88. The van der Waals surface area contributed by atoms with Gasteiger partial charge >= 0.3 is 0 Å². The highest BCUT2D eigenvalue weighted by Crippen LogP contribution is 2.18. The van der Waals surface area contributed by atoms with Crippen LogP contribution >= 0.6 is 24.8 Å². The molecule has 5 nitrogen and oxygen atoms in total. The Morgan fingerprint density at radius 3 is 2.54 bits per heavy atom. The second-order valence-corrected chi connectivity index (χ2v) is 6.37. The van der Waals surface area contributed by atoms with Gasteiger partial charge in [0.25, 0.3) is 0 Å². The number of hydrogen-bond donors (Lipinski definition) is 1. The summed E-state index contributed by atoms with van der Waals surface area (Å²) >= 11 is 0. The van der Waals surface area contributed by atoms with E-state index >= 15 is 0 Å². The summed E-state index contributed by atoms with van der Waals surface area (Å²) in [4.78, 5) is 16.7. The molecule has 2 rings (SSSR count). The van der Waals surface area contributed by atoms with E-state index in [0.717, 1.165) is 44.8 Å². The number of ether oxygens (including phenoxy) is 1. The molecule has 1 amide bonds. The summed E-state index contributed by atoms with van der Waals surface area (Å²) in [7, 11) is 0. The molecule has 1 aliphatic rings. The fourth-order valence-corrected chi connectivity index (χ4v) is 3.11. The van der Waals surface area contributed by atoms with Crippen molar-refractivity contribution in [2.75, 3.05) is 39.3 Å². The fourth-order valence-electron chi connectivity index (χ4n) is 3.11. The molecule has 0 bridgehead atoms. The Balaban J connectivity index is 0.00000312. The van der Waals surface area contributed by atoms with Gasteiger partial charge in [-0.1, -0.05) is 44.2 Å². The third-order valence-corrected chi connectivity index (χ3v) is 4.78. The molecule has 1 aromatic carbocycles. The fraction of sp³-hybridized carbons (Fsp3) is 0.632. The Hall–Kier alpha value is -0.850. The number of rotatable bonds is 9. The van der Waals surface area contributed by atoms with E-state index in [1.165, 1.54) is 0 Å². The minimum absolute atomic E-state index is 0. The van der Waals surface area contributed by atoms with Crippen LogP contribution in [0.2, 0.25) is 0 Å². The Kier molecular flexibility index (Phi) is 12.9. The first kappa shape index (κ1) is 25.1. The second kappa shape index (κ2) is 13.3. The average molecular weight is 406 g/mol. The van der Waals surface area contributed by atoms with Crippen LogP contribution in [0.1, 0.15) is 38.3 Å². The smallest absolute Gasteiger partial charge is 0.224 e. The number of nitrogens with two attached hydrogens (primary N) is 1. The molecule has 2 N–H and O–H groups in total. The highest BCUT2D eigenvalue weighted by Gasteiger charge is 2.27. The van der Waals surface area contributed by atoms with Crippen LogP contribution in [-0.4, -0.2) is 61.1 Å². The van der Waals surface area contributed by atoms with Gasteiger partial charge in [-0.3, -0.25) is 4.79 Å². The lowest BCUT2D eigenvalue weighted by molar-refractivity contribution is -0.131. The van der Waals surface area contributed by atoms with Crippen molar-refractivity contribution in [2.45, 2.75) is 38.8 Å². The zero-order chi connectivity index (χ0) is 17.4. The van der Waals surface area contributed by atoms with Gasteiger partial charge in [0.15, 0.2) is 0 Å². The summed E-state index contributed by atoms with van der Waals surface area (Å²) in [6, 6.07) is 9.58. The van der Waals surface area contributed by atoms with Gasteiger partial charge in [0.1, 0.15) is 0 Å². The molecular weight excluding hydrogens is 373 g/mol. The van der Waals surface area contributed by atoms with Gasteiger partial charge < -0.3 is 20.3 Å². The third-order valence-electron chi connectivity index (χ3n) is 4.78. The van der Waals surface area contributed by atoms with E-state index in [9.17, 15) is 4.79 Å². The zero-order valence-corrected chi connectivity index (χ0v) is 17.4. The topological polar surface area (TPSA) is 58.8 Å². The first-order chi connectivity index (χ1) is 11.6. The molecule has 7 heteroatoms. The minimum Gasteiger partial charge on any atom is -0.375 e. The SMILES string of the molecule is CCN(CC)CCOC1CCN(C(=O)CC(N)c2ccccc2)C1.Cl.Cl. The average Bonchev–Trinajstić information content (AvgIpc) is 3.08. The van der Waals surface area contributed by atoms with Crippen molar-refractivity contribution in [2.24, 2.45) is 5.73 Å². The van der Waals surface area contributed by atoms with Crippen LogP contribution in [0, 0.1) is 0 Å². The molecule has 0 aromatic heterocycles. The molecule has 26 heavy (non-hydrogen) atoms. The largest absolute Gasteiger partial charge is 0.375 e. The van der Waals surface area contributed by atoms with Crippen molar-refractivity contribution in [1.82, 2.24) is 9.80 Å². The van der Waals surface area contributed by atoms with E-state index in [1.54, 1.807) is 0 Å². The number of nitrogens with zero attached hydrogens (tertiary/aromatic N) is 2.